The molecule has 0 aromatic carbocycles. The fourth-order valence-corrected chi connectivity index (χ4v) is 3.79. The lowest BCUT2D eigenvalue weighted by atomic mass is 10.1. The first-order valence-corrected chi connectivity index (χ1v) is 9.54. The number of aliphatic hydroxyl groups excluding tert-OH is 3. The Morgan fingerprint density at radius 3 is 2.85 bits per heavy atom. The predicted octanol–water partition coefficient (Wildman–Crippen LogP) is -0.367. The monoisotopic (exact) mass is 477 g/mol. The van der Waals surface area contributed by atoms with E-state index < -0.39 is 24.5 Å². The van der Waals surface area contributed by atoms with E-state index in [2.05, 4.69) is 20.3 Å². The Morgan fingerprint density at radius 2 is 2.15 bits per heavy atom. The van der Waals surface area contributed by atoms with Crippen molar-refractivity contribution in [3.05, 3.63) is 10.2 Å². The van der Waals surface area contributed by atoms with Gasteiger partial charge in [0.25, 0.3) is 0 Å². The van der Waals surface area contributed by atoms with E-state index in [4.69, 9.17) is 9.47 Å². The molecule has 0 radical (unpaired) electrons. The van der Waals surface area contributed by atoms with Crippen molar-refractivity contribution < 1.29 is 24.8 Å². The summed E-state index contributed by atoms with van der Waals surface area (Å²) in [7, 11) is 0. The van der Waals surface area contributed by atoms with E-state index in [9.17, 15) is 15.3 Å². The Morgan fingerprint density at radius 1 is 1.31 bits per heavy atom. The van der Waals surface area contributed by atoms with E-state index in [1.54, 1.807) is 4.57 Å². The Hall–Kier alpha value is -1.12. The van der Waals surface area contributed by atoms with Crippen LogP contribution in [0, 0.1) is 3.83 Å². The van der Waals surface area contributed by atoms with Crippen LogP contribution in [0.2, 0.25) is 0 Å². The largest absolute Gasteiger partial charge is 0.394 e. The number of rotatable bonds is 5. The summed E-state index contributed by atoms with van der Waals surface area (Å²) in [5.74, 6) is 0.584. The van der Waals surface area contributed by atoms with Gasteiger partial charge in [-0.25, -0.2) is 15.0 Å². The van der Waals surface area contributed by atoms with Crippen LogP contribution in [0.5, 0.6) is 0 Å². The average Bonchev–Trinajstić information content (AvgIpc) is 3.34. The third kappa shape index (κ3) is 3.27. The van der Waals surface area contributed by atoms with E-state index in [1.807, 2.05) is 22.6 Å². The number of hydrogen-bond donors (Lipinski definition) is 4. The first-order chi connectivity index (χ1) is 12.6. The van der Waals surface area contributed by atoms with Gasteiger partial charge in [0.2, 0.25) is 0 Å². The third-order valence-corrected chi connectivity index (χ3v) is 5.19. The molecule has 26 heavy (non-hydrogen) atoms. The standard InChI is InChI=1S/C15H20IN5O5/c16-15-19-12(17-4-7-2-1-3-25-7)9-13(20-15)21(6-18-9)14-11(24)10(23)8(5-22)26-14/h6-8,10-11,14,22-24H,1-5H2,(H,17,19,20)/t7?,8-,10-,11-,14-/m1/s1. The van der Waals surface area contributed by atoms with Gasteiger partial charge in [-0.15, -0.1) is 0 Å². The fraction of sp³-hybridized carbons (Fsp3) is 0.667. The molecule has 2 aliphatic heterocycles. The van der Waals surface area contributed by atoms with Crippen LogP contribution < -0.4 is 5.32 Å². The van der Waals surface area contributed by atoms with Crippen LogP contribution in [-0.4, -0.2) is 79.0 Å². The summed E-state index contributed by atoms with van der Waals surface area (Å²) in [4.78, 5) is 13.2. The van der Waals surface area contributed by atoms with Crippen LogP contribution in [0.15, 0.2) is 6.33 Å². The highest BCUT2D eigenvalue weighted by atomic mass is 127. The number of anilines is 1. The highest BCUT2D eigenvalue weighted by Gasteiger charge is 2.44. The zero-order valence-electron chi connectivity index (χ0n) is 13.8. The summed E-state index contributed by atoms with van der Waals surface area (Å²) >= 11 is 2.01. The highest BCUT2D eigenvalue weighted by molar-refractivity contribution is 14.1. The van der Waals surface area contributed by atoms with Gasteiger partial charge < -0.3 is 30.1 Å². The van der Waals surface area contributed by atoms with Crippen molar-refractivity contribution in [1.82, 2.24) is 19.5 Å². The van der Waals surface area contributed by atoms with Gasteiger partial charge >= 0.3 is 0 Å². The second kappa shape index (κ2) is 7.48. The number of nitrogens with one attached hydrogen (secondary N) is 1. The smallest absolute Gasteiger partial charge is 0.194 e. The molecule has 4 rings (SSSR count). The molecule has 0 amide bonds. The van der Waals surface area contributed by atoms with E-state index >= 15 is 0 Å². The zero-order chi connectivity index (χ0) is 18.3. The summed E-state index contributed by atoms with van der Waals surface area (Å²) in [5.41, 5.74) is 1.02. The van der Waals surface area contributed by atoms with Gasteiger partial charge in [-0.1, -0.05) is 0 Å². The molecule has 0 saturated carbocycles. The molecule has 1 unspecified atom stereocenters. The van der Waals surface area contributed by atoms with Gasteiger partial charge in [-0.05, 0) is 12.8 Å². The predicted molar refractivity (Wildman–Crippen MR) is 98.5 cm³/mol. The molecule has 0 spiro atoms. The van der Waals surface area contributed by atoms with E-state index in [1.165, 1.54) is 6.33 Å². The van der Waals surface area contributed by atoms with Crippen LogP contribution in [0.25, 0.3) is 11.2 Å². The van der Waals surface area contributed by atoms with Crippen LogP contribution in [-0.2, 0) is 9.47 Å². The lowest BCUT2D eigenvalue weighted by Gasteiger charge is -2.17. The second-order valence-corrected chi connectivity index (χ2v) is 7.37. The Labute approximate surface area is 162 Å². The topological polar surface area (TPSA) is 135 Å². The molecular formula is C15H20IN5O5. The maximum Gasteiger partial charge on any atom is 0.194 e. The number of imidazole rings is 1. The maximum absolute atomic E-state index is 10.3. The Bertz CT molecular complexity index is 783. The number of aliphatic hydroxyl groups is 3. The SMILES string of the molecule is OC[C@H]1O[C@@H](n2cnc3c(NCC4CCCO4)nc(I)nc32)[C@H](O)[C@@H]1O. The molecule has 2 saturated heterocycles. The van der Waals surface area contributed by atoms with Crippen molar-refractivity contribution in [1.29, 1.82) is 0 Å². The summed E-state index contributed by atoms with van der Waals surface area (Å²) in [6.07, 6.45) is -0.402. The Kier molecular flexibility index (Phi) is 5.25. The number of halogens is 1. The lowest BCUT2D eigenvalue weighted by molar-refractivity contribution is -0.0511. The molecule has 142 valence electrons. The first kappa shape index (κ1) is 18.3. The van der Waals surface area contributed by atoms with Gasteiger partial charge in [0.15, 0.2) is 27.0 Å². The number of nitrogens with zero attached hydrogens (tertiary/aromatic N) is 4. The zero-order valence-corrected chi connectivity index (χ0v) is 16.0. The van der Waals surface area contributed by atoms with E-state index in [-0.39, 0.29) is 12.7 Å². The fourth-order valence-electron chi connectivity index (χ4n) is 3.33. The molecule has 11 heteroatoms. The van der Waals surface area contributed by atoms with Gasteiger partial charge in [0.1, 0.15) is 18.3 Å². The number of ether oxygens (including phenoxy) is 2. The van der Waals surface area contributed by atoms with Crippen LogP contribution in [0.3, 0.4) is 0 Å². The van der Waals surface area contributed by atoms with Crippen LogP contribution in [0.4, 0.5) is 5.82 Å². The normalized spacial score (nSPS) is 31.8. The van der Waals surface area contributed by atoms with Crippen molar-refractivity contribution in [2.24, 2.45) is 0 Å². The molecule has 10 nitrogen and oxygen atoms in total. The molecule has 2 aromatic heterocycles. The number of hydrogen-bond acceptors (Lipinski definition) is 9. The molecule has 2 aliphatic rings. The molecule has 0 bridgehead atoms. The molecule has 0 aliphatic carbocycles. The minimum Gasteiger partial charge on any atom is -0.394 e. The van der Waals surface area contributed by atoms with E-state index in [0.717, 1.165) is 19.4 Å². The minimum absolute atomic E-state index is 0.153. The second-order valence-electron chi connectivity index (χ2n) is 6.41. The van der Waals surface area contributed by atoms with Crippen molar-refractivity contribution >= 4 is 39.6 Å². The maximum atomic E-state index is 10.3. The quantitative estimate of drug-likeness (QED) is 0.336. The van der Waals surface area contributed by atoms with Crippen LogP contribution in [0.1, 0.15) is 19.1 Å². The minimum atomic E-state index is -1.19. The van der Waals surface area contributed by atoms with Gasteiger partial charge in [-0.3, -0.25) is 4.57 Å². The molecule has 4 N–H and O–H groups in total. The molecule has 2 aromatic rings. The van der Waals surface area contributed by atoms with Crippen LogP contribution >= 0.6 is 22.6 Å². The summed E-state index contributed by atoms with van der Waals surface area (Å²) in [6, 6.07) is 0. The Balaban J connectivity index is 1.63. The summed E-state index contributed by atoms with van der Waals surface area (Å²) in [6.45, 7) is 1.02. The van der Waals surface area contributed by atoms with E-state index in [0.29, 0.717) is 27.4 Å². The summed E-state index contributed by atoms with van der Waals surface area (Å²) < 4.78 is 13.3. The van der Waals surface area contributed by atoms with Crippen molar-refractivity contribution in [3.63, 3.8) is 0 Å². The van der Waals surface area contributed by atoms with Gasteiger partial charge in [0.05, 0.1) is 19.0 Å². The molecular weight excluding hydrogens is 457 g/mol. The third-order valence-electron chi connectivity index (χ3n) is 4.71. The van der Waals surface area contributed by atoms with Crippen molar-refractivity contribution in [3.8, 4) is 0 Å². The van der Waals surface area contributed by atoms with Gasteiger partial charge in [0, 0.05) is 35.7 Å². The number of aromatic nitrogens is 4. The van der Waals surface area contributed by atoms with Gasteiger partial charge in [-0.2, -0.15) is 0 Å². The average molecular weight is 477 g/mol. The molecule has 5 atom stereocenters. The first-order valence-electron chi connectivity index (χ1n) is 8.46. The highest BCUT2D eigenvalue weighted by Crippen LogP contribution is 2.32. The molecule has 4 heterocycles. The molecule has 2 fully saturated rings. The van der Waals surface area contributed by atoms with Crippen molar-refractivity contribution in [2.45, 2.75) is 43.5 Å². The summed E-state index contributed by atoms with van der Waals surface area (Å²) in [5, 5.41) is 32.8. The lowest BCUT2D eigenvalue weighted by Crippen LogP contribution is -2.33. The van der Waals surface area contributed by atoms with Crippen molar-refractivity contribution in [2.75, 3.05) is 25.1 Å². The number of fused-ring (bicyclic) bond motifs is 1.